The number of nitrogens with two attached hydrogens (primary N) is 1. The first-order chi connectivity index (χ1) is 7.07. The van der Waals surface area contributed by atoms with Gasteiger partial charge in [-0.25, -0.2) is 0 Å². The summed E-state index contributed by atoms with van der Waals surface area (Å²) in [6.45, 7) is 11.3. The van der Waals surface area contributed by atoms with Gasteiger partial charge in [0.2, 0.25) is 0 Å². The zero-order valence-corrected chi connectivity index (χ0v) is 11.3. The standard InChI is InChI=1S/C13H25NO2/c1-8(2)11(14)10(15)7-9(3)12(16)13(4,5)6/h8-9,11H,7,14H2,1-6H3. The molecule has 0 aromatic carbocycles. The van der Waals surface area contributed by atoms with Crippen molar-refractivity contribution in [3.8, 4) is 0 Å². The van der Waals surface area contributed by atoms with Crippen molar-refractivity contribution in [1.82, 2.24) is 0 Å². The molecule has 2 unspecified atom stereocenters. The normalized spacial score (nSPS) is 16.0. The van der Waals surface area contributed by atoms with Gasteiger partial charge in [0.15, 0.2) is 0 Å². The van der Waals surface area contributed by atoms with Crippen LogP contribution in [0.1, 0.15) is 48.0 Å². The molecule has 3 heteroatoms. The average molecular weight is 227 g/mol. The lowest BCUT2D eigenvalue weighted by Crippen LogP contribution is -2.38. The van der Waals surface area contributed by atoms with Crippen molar-refractivity contribution in [2.24, 2.45) is 23.0 Å². The maximum Gasteiger partial charge on any atom is 0.150 e. The van der Waals surface area contributed by atoms with Gasteiger partial charge in [-0.05, 0) is 5.92 Å². The van der Waals surface area contributed by atoms with Crippen molar-refractivity contribution in [3.63, 3.8) is 0 Å². The third-order valence-electron chi connectivity index (χ3n) is 2.78. The Kier molecular flexibility index (Phi) is 5.33. The molecule has 0 aliphatic rings. The first-order valence-corrected chi connectivity index (χ1v) is 5.90. The number of hydrogen-bond donors (Lipinski definition) is 1. The molecule has 0 saturated carbocycles. The largest absolute Gasteiger partial charge is 0.321 e. The molecule has 0 rings (SSSR count). The fraction of sp³-hybridized carbons (Fsp3) is 0.846. The second-order valence-corrected chi connectivity index (χ2v) is 5.96. The van der Waals surface area contributed by atoms with E-state index in [0.717, 1.165) is 0 Å². The van der Waals surface area contributed by atoms with Crippen LogP contribution in [-0.2, 0) is 9.59 Å². The highest BCUT2D eigenvalue weighted by Crippen LogP contribution is 2.22. The van der Waals surface area contributed by atoms with Crippen LogP contribution in [0, 0.1) is 17.3 Å². The Morgan fingerprint density at radius 2 is 1.56 bits per heavy atom. The highest BCUT2D eigenvalue weighted by atomic mass is 16.1. The van der Waals surface area contributed by atoms with E-state index < -0.39 is 6.04 Å². The van der Waals surface area contributed by atoms with Crippen LogP contribution in [0.15, 0.2) is 0 Å². The Morgan fingerprint density at radius 3 is 1.88 bits per heavy atom. The van der Waals surface area contributed by atoms with E-state index in [4.69, 9.17) is 5.73 Å². The molecule has 3 nitrogen and oxygen atoms in total. The third kappa shape index (κ3) is 4.44. The van der Waals surface area contributed by atoms with Crippen LogP contribution >= 0.6 is 0 Å². The number of Topliss-reactive ketones (excluding diaryl/α,β-unsaturated/α-hetero) is 2. The summed E-state index contributed by atoms with van der Waals surface area (Å²) in [5.41, 5.74) is 5.37. The van der Waals surface area contributed by atoms with Gasteiger partial charge in [0.25, 0.3) is 0 Å². The van der Waals surface area contributed by atoms with Crippen molar-refractivity contribution in [1.29, 1.82) is 0 Å². The molecule has 2 N–H and O–H groups in total. The Morgan fingerprint density at radius 1 is 1.12 bits per heavy atom. The second kappa shape index (κ2) is 5.58. The maximum absolute atomic E-state index is 11.9. The van der Waals surface area contributed by atoms with E-state index in [-0.39, 0.29) is 35.2 Å². The van der Waals surface area contributed by atoms with Crippen molar-refractivity contribution in [2.75, 3.05) is 0 Å². The molecule has 94 valence electrons. The Labute approximate surface area is 98.8 Å². The van der Waals surface area contributed by atoms with Crippen LogP contribution in [0.2, 0.25) is 0 Å². The lowest BCUT2D eigenvalue weighted by Gasteiger charge is -2.23. The van der Waals surface area contributed by atoms with E-state index >= 15 is 0 Å². The van der Waals surface area contributed by atoms with Crippen molar-refractivity contribution in [2.45, 2.75) is 54.0 Å². The number of rotatable bonds is 5. The number of carbonyl (C=O) groups excluding carboxylic acids is 2. The SMILES string of the molecule is CC(CC(=O)C(N)C(C)C)C(=O)C(C)(C)C. The fourth-order valence-electron chi connectivity index (χ4n) is 1.64. The monoisotopic (exact) mass is 227 g/mol. The molecule has 0 aromatic heterocycles. The topological polar surface area (TPSA) is 60.2 Å². The molecular formula is C13H25NO2. The lowest BCUT2D eigenvalue weighted by molar-refractivity contribution is -0.133. The van der Waals surface area contributed by atoms with Gasteiger partial charge in [-0.15, -0.1) is 0 Å². The maximum atomic E-state index is 11.9. The molecular weight excluding hydrogens is 202 g/mol. The summed E-state index contributed by atoms with van der Waals surface area (Å²) in [6.07, 6.45) is 0.259. The zero-order chi connectivity index (χ0) is 13.1. The molecule has 0 spiro atoms. The molecule has 0 fully saturated rings. The van der Waals surface area contributed by atoms with Gasteiger partial charge in [0.05, 0.1) is 6.04 Å². The van der Waals surface area contributed by atoms with Gasteiger partial charge in [0.1, 0.15) is 11.6 Å². The minimum absolute atomic E-state index is 0.0138. The molecule has 0 heterocycles. The van der Waals surface area contributed by atoms with Gasteiger partial charge < -0.3 is 5.73 Å². The van der Waals surface area contributed by atoms with Gasteiger partial charge in [-0.1, -0.05) is 41.5 Å². The van der Waals surface area contributed by atoms with Crippen molar-refractivity contribution >= 4 is 11.6 Å². The van der Waals surface area contributed by atoms with Crippen LogP contribution in [0.5, 0.6) is 0 Å². The molecule has 0 aliphatic heterocycles. The highest BCUT2D eigenvalue weighted by molar-refractivity contribution is 5.92. The van der Waals surface area contributed by atoms with Crippen LogP contribution in [-0.4, -0.2) is 17.6 Å². The van der Waals surface area contributed by atoms with Crippen LogP contribution in [0.4, 0.5) is 0 Å². The van der Waals surface area contributed by atoms with Crippen molar-refractivity contribution < 1.29 is 9.59 Å². The molecule has 16 heavy (non-hydrogen) atoms. The predicted octanol–water partition coefficient (Wildman–Crippen LogP) is 2.18. The summed E-state index contributed by atoms with van der Waals surface area (Å²) in [6, 6.07) is -0.449. The smallest absolute Gasteiger partial charge is 0.150 e. The van der Waals surface area contributed by atoms with Gasteiger partial charge in [-0.2, -0.15) is 0 Å². The van der Waals surface area contributed by atoms with E-state index in [1.54, 1.807) is 6.92 Å². The quantitative estimate of drug-likeness (QED) is 0.783. The average Bonchev–Trinajstić information content (AvgIpc) is 2.13. The second-order valence-electron chi connectivity index (χ2n) is 5.96. The Bertz CT molecular complexity index is 264. The van der Waals surface area contributed by atoms with E-state index in [0.29, 0.717) is 0 Å². The minimum Gasteiger partial charge on any atom is -0.321 e. The molecule has 0 aliphatic carbocycles. The molecule has 0 radical (unpaired) electrons. The Balaban J connectivity index is 4.42. The van der Waals surface area contributed by atoms with Crippen LogP contribution in [0.25, 0.3) is 0 Å². The fourth-order valence-corrected chi connectivity index (χ4v) is 1.64. The van der Waals surface area contributed by atoms with Crippen LogP contribution in [0.3, 0.4) is 0 Å². The summed E-state index contributed by atoms with van der Waals surface area (Å²) >= 11 is 0. The molecule has 0 amide bonds. The lowest BCUT2D eigenvalue weighted by atomic mass is 9.81. The van der Waals surface area contributed by atoms with Gasteiger partial charge in [-0.3, -0.25) is 9.59 Å². The van der Waals surface area contributed by atoms with Gasteiger partial charge >= 0.3 is 0 Å². The molecule has 0 bridgehead atoms. The summed E-state index contributed by atoms with van der Waals surface area (Å²) in [7, 11) is 0. The van der Waals surface area contributed by atoms with Crippen LogP contribution < -0.4 is 5.73 Å². The van der Waals surface area contributed by atoms with Gasteiger partial charge in [0, 0.05) is 17.8 Å². The first-order valence-electron chi connectivity index (χ1n) is 5.90. The van der Waals surface area contributed by atoms with E-state index in [1.807, 2.05) is 34.6 Å². The Hall–Kier alpha value is -0.700. The summed E-state index contributed by atoms with van der Waals surface area (Å²) in [5, 5.41) is 0. The van der Waals surface area contributed by atoms with E-state index in [2.05, 4.69) is 0 Å². The summed E-state index contributed by atoms with van der Waals surface area (Å²) in [5.74, 6) is -0.00125. The predicted molar refractivity (Wildman–Crippen MR) is 66.1 cm³/mol. The minimum atomic E-state index is -0.449. The molecule has 2 atom stereocenters. The van der Waals surface area contributed by atoms with E-state index in [1.165, 1.54) is 0 Å². The third-order valence-corrected chi connectivity index (χ3v) is 2.78. The molecule has 0 aromatic rings. The molecule has 0 saturated heterocycles. The first kappa shape index (κ1) is 15.3. The number of hydrogen-bond acceptors (Lipinski definition) is 3. The summed E-state index contributed by atoms with van der Waals surface area (Å²) < 4.78 is 0. The number of ketones is 2. The highest BCUT2D eigenvalue weighted by Gasteiger charge is 2.29. The van der Waals surface area contributed by atoms with Crippen molar-refractivity contribution in [3.05, 3.63) is 0 Å². The summed E-state index contributed by atoms with van der Waals surface area (Å²) in [4.78, 5) is 23.6. The zero-order valence-electron chi connectivity index (χ0n) is 11.3. The van der Waals surface area contributed by atoms with E-state index in [9.17, 15) is 9.59 Å². The number of carbonyl (C=O) groups is 2.